The molecule has 1 amide bonds. The highest BCUT2D eigenvalue weighted by Gasteiger charge is 2.19. The quantitative estimate of drug-likeness (QED) is 0.734. The minimum Gasteiger partial charge on any atom is -0.497 e. The molecule has 0 heterocycles. The Morgan fingerprint density at radius 1 is 0.885 bits per heavy atom. The van der Waals surface area contributed by atoms with Gasteiger partial charge in [0.05, 0.1) is 13.2 Å². The summed E-state index contributed by atoms with van der Waals surface area (Å²) in [6.07, 6.45) is 0. The van der Waals surface area contributed by atoms with Gasteiger partial charge in [0.2, 0.25) is 0 Å². The molecule has 0 unspecified atom stereocenters. The van der Waals surface area contributed by atoms with Crippen LogP contribution in [0.15, 0.2) is 72.8 Å². The molecule has 0 saturated heterocycles. The fourth-order valence-corrected chi connectivity index (χ4v) is 2.70. The molecule has 0 radical (unpaired) electrons. The van der Waals surface area contributed by atoms with Crippen molar-refractivity contribution in [2.45, 2.75) is 6.04 Å². The number of hydrogen-bond donors (Lipinski definition) is 1. The number of ether oxygens (including phenoxy) is 1. The van der Waals surface area contributed by atoms with Crippen molar-refractivity contribution >= 4 is 5.91 Å². The third-order valence-corrected chi connectivity index (χ3v) is 3.98. The molecule has 5 heteroatoms. The number of rotatable bonds is 5. The molecule has 0 aromatic heterocycles. The standard InChI is InChI=1S/C21H17F2NO2/c1-26-19-9-7-15(8-10-19)20(14-5-3-2-4-6-14)24-21(25)16-11-17(22)13-18(23)12-16/h2-13,20H,1H3,(H,24,25)/t20-/m1/s1. The second kappa shape index (κ2) is 7.78. The summed E-state index contributed by atoms with van der Waals surface area (Å²) in [5, 5.41) is 2.84. The number of carbonyl (C=O) groups excluding carboxylic acids is 1. The lowest BCUT2D eigenvalue weighted by atomic mass is 9.98. The molecule has 132 valence electrons. The van der Waals surface area contributed by atoms with Crippen LogP contribution in [0.1, 0.15) is 27.5 Å². The normalized spacial score (nSPS) is 11.7. The van der Waals surface area contributed by atoms with Gasteiger partial charge in [-0.25, -0.2) is 8.78 Å². The molecule has 3 nitrogen and oxygen atoms in total. The Morgan fingerprint density at radius 2 is 1.46 bits per heavy atom. The Hall–Kier alpha value is -3.21. The van der Waals surface area contributed by atoms with Crippen LogP contribution in [0.25, 0.3) is 0 Å². The average Bonchev–Trinajstić information content (AvgIpc) is 2.66. The third-order valence-electron chi connectivity index (χ3n) is 3.98. The number of hydrogen-bond acceptors (Lipinski definition) is 2. The van der Waals surface area contributed by atoms with Crippen molar-refractivity contribution in [1.29, 1.82) is 0 Å². The third kappa shape index (κ3) is 4.06. The lowest BCUT2D eigenvalue weighted by Crippen LogP contribution is -2.29. The Labute approximate surface area is 150 Å². The van der Waals surface area contributed by atoms with Gasteiger partial charge in [0.1, 0.15) is 17.4 Å². The Morgan fingerprint density at radius 3 is 2.04 bits per heavy atom. The van der Waals surface area contributed by atoms with Gasteiger partial charge in [-0.1, -0.05) is 42.5 Å². The molecule has 1 N–H and O–H groups in total. The van der Waals surface area contributed by atoms with E-state index in [0.29, 0.717) is 5.75 Å². The summed E-state index contributed by atoms with van der Waals surface area (Å²) in [5.74, 6) is -1.46. The van der Waals surface area contributed by atoms with E-state index >= 15 is 0 Å². The topological polar surface area (TPSA) is 38.3 Å². The SMILES string of the molecule is COc1ccc([C@H](NC(=O)c2cc(F)cc(F)c2)c2ccccc2)cc1. The predicted molar refractivity (Wildman–Crippen MR) is 95.1 cm³/mol. The van der Waals surface area contributed by atoms with Crippen molar-refractivity contribution in [3.05, 3.63) is 101 Å². The van der Waals surface area contributed by atoms with Crippen LogP contribution in [0.5, 0.6) is 5.75 Å². The van der Waals surface area contributed by atoms with Gasteiger partial charge in [-0.3, -0.25) is 4.79 Å². The van der Waals surface area contributed by atoms with Gasteiger partial charge < -0.3 is 10.1 Å². The van der Waals surface area contributed by atoms with Gasteiger partial charge in [0.15, 0.2) is 0 Å². The summed E-state index contributed by atoms with van der Waals surface area (Å²) < 4.78 is 32.0. The van der Waals surface area contributed by atoms with Crippen molar-refractivity contribution < 1.29 is 18.3 Å². The average molecular weight is 353 g/mol. The molecule has 0 aliphatic heterocycles. The van der Waals surface area contributed by atoms with Crippen LogP contribution in [0.2, 0.25) is 0 Å². The summed E-state index contributed by atoms with van der Waals surface area (Å²) in [6.45, 7) is 0. The predicted octanol–water partition coefficient (Wildman–Crippen LogP) is 4.49. The molecule has 0 aliphatic carbocycles. The number of halogens is 2. The highest BCUT2D eigenvalue weighted by molar-refractivity contribution is 5.94. The molecule has 1 atom stereocenters. The summed E-state index contributed by atoms with van der Waals surface area (Å²) in [6, 6.07) is 18.9. The molecule has 0 aliphatic rings. The fraction of sp³-hybridized carbons (Fsp3) is 0.0952. The van der Waals surface area contributed by atoms with Gasteiger partial charge in [-0.2, -0.15) is 0 Å². The van der Waals surface area contributed by atoms with E-state index in [1.807, 2.05) is 42.5 Å². The zero-order chi connectivity index (χ0) is 18.5. The van der Waals surface area contributed by atoms with E-state index in [1.54, 1.807) is 19.2 Å². The summed E-state index contributed by atoms with van der Waals surface area (Å²) in [4.78, 5) is 12.6. The van der Waals surface area contributed by atoms with E-state index in [4.69, 9.17) is 4.74 Å². The van der Waals surface area contributed by atoms with E-state index in [2.05, 4.69) is 5.32 Å². The Kier molecular flexibility index (Phi) is 5.27. The lowest BCUT2D eigenvalue weighted by molar-refractivity contribution is 0.0942. The zero-order valence-electron chi connectivity index (χ0n) is 14.1. The van der Waals surface area contributed by atoms with Crippen LogP contribution in [0, 0.1) is 11.6 Å². The first kappa shape index (κ1) is 17.6. The number of amides is 1. The van der Waals surface area contributed by atoms with E-state index in [1.165, 1.54) is 0 Å². The summed E-state index contributed by atoms with van der Waals surface area (Å²) in [5.41, 5.74) is 1.60. The molecule has 0 fully saturated rings. The Balaban J connectivity index is 1.94. The van der Waals surface area contributed by atoms with Crippen LogP contribution in [0.4, 0.5) is 8.78 Å². The minimum absolute atomic E-state index is 0.0723. The lowest BCUT2D eigenvalue weighted by Gasteiger charge is -2.20. The number of nitrogens with one attached hydrogen (secondary N) is 1. The van der Waals surface area contributed by atoms with E-state index in [9.17, 15) is 13.6 Å². The zero-order valence-corrected chi connectivity index (χ0v) is 14.1. The van der Waals surface area contributed by atoms with Crippen LogP contribution >= 0.6 is 0 Å². The maximum absolute atomic E-state index is 13.4. The molecule has 26 heavy (non-hydrogen) atoms. The molecule has 3 aromatic rings. The molecule has 0 bridgehead atoms. The maximum Gasteiger partial charge on any atom is 0.252 e. The summed E-state index contributed by atoms with van der Waals surface area (Å²) in [7, 11) is 1.57. The van der Waals surface area contributed by atoms with Crippen molar-refractivity contribution in [2.75, 3.05) is 7.11 Å². The fourth-order valence-electron chi connectivity index (χ4n) is 2.70. The van der Waals surface area contributed by atoms with Gasteiger partial charge in [0.25, 0.3) is 5.91 Å². The minimum atomic E-state index is -0.796. The first-order valence-electron chi connectivity index (χ1n) is 8.02. The molecular formula is C21H17F2NO2. The van der Waals surface area contributed by atoms with Crippen molar-refractivity contribution in [2.24, 2.45) is 0 Å². The summed E-state index contributed by atoms with van der Waals surface area (Å²) >= 11 is 0. The maximum atomic E-state index is 13.4. The van der Waals surface area contributed by atoms with E-state index in [-0.39, 0.29) is 5.56 Å². The molecule has 3 rings (SSSR count). The second-order valence-electron chi connectivity index (χ2n) is 5.75. The highest BCUT2D eigenvalue weighted by atomic mass is 19.1. The Bertz CT molecular complexity index is 875. The molecular weight excluding hydrogens is 336 g/mol. The van der Waals surface area contributed by atoms with E-state index < -0.39 is 23.6 Å². The molecule has 0 saturated carbocycles. The van der Waals surface area contributed by atoms with Gasteiger partial charge in [-0.05, 0) is 35.4 Å². The molecule has 3 aromatic carbocycles. The van der Waals surface area contributed by atoms with Gasteiger partial charge in [0, 0.05) is 11.6 Å². The van der Waals surface area contributed by atoms with Crippen LogP contribution in [0.3, 0.4) is 0 Å². The highest BCUT2D eigenvalue weighted by Crippen LogP contribution is 2.24. The van der Waals surface area contributed by atoms with E-state index in [0.717, 1.165) is 29.3 Å². The van der Waals surface area contributed by atoms with Crippen molar-refractivity contribution in [3.63, 3.8) is 0 Å². The first-order chi connectivity index (χ1) is 12.6. The van der Waals surface area contributed by atoms with Crippen LogP contribution in [-0.2, 0) is 0 Å². The second-order valence-corrected chi connectivity index (χ2v) is 5.75. The van der Waals surface area contributed by atoms with Crippen LogP contribution < -0.4 is 10.1 Å². The number of carbonyl (C=O) groups is 1. The number of benzene rings is 3. The van der Waals surface area contributed by atoms with Crippen molar-refractivity contribution in [1.82, 2.24) is 5.32 Å². The van der Waals surface area contributed by atoms with Crippen LogP contribution in [-0.4, -0.2) is 13.0 Å². The van der Waals surface area contributed by atoms with Gasteiger partial charge in [-0.15, -0.1) is 0 Å². The van der Waals surface area contributed by atoms with Crippen molar-refractivity contribution in [3.8, 4) is 5.75 Å². The number of methoxy groups -OCH3 is 1. The monoisotopic (exact) mass is 353 g/mol. The molecule has 0 spiro atoms. The smallest absolute Gasteiger partial charge is 0.252 e. The van der Waals surface area contributed by atoms with Gasteiger partial charge >= 0.3 is 0 Å². The largest absolute Gasteiger partial charge is 0.497 e. The first-order valence-corrected chi connectivity index (χ1v) is 8.02.